The van der Waals surface area contributed by atoms with Gasteiger partial charge in [0.2, 0.25) is 0 Å². The Morgan fingerprint density at radius 3 is 2.54 bits per heavy atom. The van der Waals surface area contributed by atoms with Crippen molar-refractivity contribution in [2.24, 2.45) is 5.92 Å². The van der Waals surface area contributed by atoms with Gasteiger partial charge in [0, 0.05) is 25.4 Å². The van der Waals surface area contributed by atoms with Crippen LogP contribution in [0.1, 0.15) is 37.4 Å². The fourth-order valence-corrected chi connectivity index (χ4v) is 3.25. The van der Waals surface area contributed by atoms with Gasteiger partial charge < -0.3 is 10.0 Å². The first-order valence-corrected chi connectivity index (χ1v) is 8.70. The molecule has 1 atom stereocenters. The largest absolute Gasteiger partial charge is 0.503 e. The van der Waals surface area contributed by atoms with Crippen molar-refractivity contribution in [1.82, 2.24) is 9.88 Å². The third-order valence-electron chi connectivity index (χ3n) is 4.39. The third-order valence-corrected chi connectivity index (χ3v) is 4.39. The molecule has 1 aromatic carbocycles. The van der Waals surface area contributed by atoms with Crippen LogP contribution in [-0.4, -0.2) is 26.7 Å². The van der Waals surface area contributed by atoms with Gasteiger partial charge in [-0.15, -0.1) is 0 Å². The number of hydrogen-bond acceptors (Lipinski definition) is 4. The van der Waals surface area contributed by atoms with Gasteiger partial charge in [0.15, 0.2) is 11.5 Å². The summed E-state index contributed by atoms with van der Waals surface area (Å²) in [6.45, 7) is 4.16. The average Bonchev–Trinajstić information content (AvgIpc) is 2.88. The van der Waals surface area contributed by atoms with E-state index < -0.39 is 17.7 Å². The number of ketones is 1. The molecule has 5 heteroatoms. The zero-order valence-corrected chi connectivity index (χ0v) is 14.9. The fourth-order valence-electron chi connectivity index (χ4n) is 3.25. The molecule has 0 radical (unpaired) electrons. The predicted octanol–water partition coefficient (Wildman–Crippen LogP) is 3.59. The van der Waals surface area contributed by atoms with Gasteiger partial charge in [-0.1, -0.05) is 50.2 Å². The van der Waals surface area contributed by atoms with Crippen LogP contribution in [0.3, 0.4) is 0 Å². The molecular weight excluding hydrogens is 328 g/mol. The maximum absolute atomic E-state index is 12.8. The number of nitrogens with zero attached hydrogens (tertiary/aromatic N) is 2. The van der Waals surface area contributed by atoms with Crippen LogP contribution < -0.4 is 0 Å². The third kappa shape index (κ3) is 3.52. The Morgan fingerprint density at radius 1 is 1.19 bits per heavy atom. The molecule has 26 heavy (non-hydrogen) atoms. The number of carbonyl (C=O) groups is 2. The molecule has 1 amide bonds. The van der Waals surface area contributed by atoms with E-state index in [2.05, 4.69) is 4.98 Å². The van der Waals surface area contributed by atoms with Crippen molar-refractivity contribution in [3.05, 3.63) is 77.3 Å². The molecule has 0 saturated heterocycles. The summed E-state index contributed by atoms with van der Waals surface area (Å²) < 4.78 is 0. The van der Waals surface area contributed by atoms with Crippen molar-refractivity contribution < 1.29 is 14.7 Å². The maximum Gasteiger partial charge on any atom is 0.290 e. The molecule has 134 valence electrons. The molecule has 2 heterocycles. The van der Waals surface area contributed by atoms with E-state index in [0.717, 1.165) is 11.1 Å². The number of hydrogen-bond donors (Lipinski definition) is 1. The lowest BCUT2D eigenvalue weighted by Gasteiger charge is -2.27. The van der Waals surface area contributed by atoms with Crippen molar-refractivity contribution >= 4 is 11.7 Å². The standard InChI is InChI=1S/C21H22N2O3/c1-14(2)11-17(24)18-19(16-8-4-3-5-9-16)23(21(26)20(18)25)13-15-7-6-10-22-12-15/h3-10,12,14,19,25H,11,13H2,1-2H3. The summed E-state index contributed by atoms with van der Waals surface area (Å²) in [5.74, 6) is -1.00. The van der Waals surface area contributed by atoms with Crippen molar-refractivity contribution in [2.75, 3.05) is 0 Å². The van der Waals surface area contributed by atoms with Gasteiger partial charge in [0.05, 0.1) is 11.6 Å². The van der Waals surface area contributed by atoms with Crippen molar-refractivity contribution in [2.45, 2.75) is 32.9 Å². The summed E-state index contributed by atoms with van der Waals surface area (Å²) in [6.07, 6.45) is 3.63. The zero-order chi connectivity index (χ0) is 18.7. The topological polar surface area (TPSA) is 70.5 Å². The monoisotopic (exact) mass is 350 g/mol. The molecule has 3 rings (SSSR count). The van der Waals surface area contributed by atoms with Gasteiger partial charge in [-0.3, -0.25) is 14.6 Å². The van der Waals surface area contributed by atoms with Crippen LogP contribution in [0.15, 0.2) is 66.2 Å². The van der Waals surface area contributed by atoms with E-state index in [9.17, 15) is 14.7 Å². The summed E-state index contributed by atoms with van der Waals surface area (Å²) in [6, 6.07) is 12.4. The summed E-state index contributed by atoms with van der Waals surface area (Å²) >= 11 is 0. The average molecular weight is 350 g/mol. The van der Waals surface area contributed by atoms with Gasteiger partial charge in [-0.25, -0.2) is 0 Å². The fraction of sp³-hybridized carbons (Fsp3) is 0.286. The first kappa shape index (κ1) is 17.9. The molecule has 2 aromatic rings. The van der Waals surface area contributed by atoms with Crippen LogP contribution in [0.25, 0.3) is 0 Å². The number of amides is 1. The molecule has 1 aromatic heterocycles. The zero-order valence-electron chi connectivity index (χ0n) is 14.9. The summed E-state index contributed by atoms with van der Waals surface area (Å²) in [4.78, 5) is 31.1. The molecule has 0 aliphatic carbocycles. The lowest BCUT2D eigenvalue weighted by molar-refractivity contribution is -0.130. The Balaban J connectivity index is 2.02. The molecular formula is C21H22N2O3. The molecule has 1 aliphatic heterocycles. The summed E-state index contributed by atoms with van der Waals surface area (Å²) in [5.41, 5.74) is 1.84. The number of Topliss-reactive ketones (excluding diaryl/α,β-unsaturated/α-hetero) is 1. The molecule has 1 aliphatic rings. The highest BCUT2D eigenvalue weighted by molar-refractivity contribution is 6.08. The van der Waals surface area contributed by atoms with Crippen molar-refractivity contribution in [1.29, 1.82) is 0 Å². The Hall–Kier alpha value is -2.95. The molecule has 5 nitrogen and oxygen atoms in total. The number of rotatable bonds is 6. The minimum absolute atomic E-state index is 0.140. The number of aromatic nitrogens is 1. The highest BCUT2D eigenvalue weighted by Gasteiger charge is 2.43. The molecule has 1 unspecified atom stereocenters. The number of aliphatic hydroxyl groups is 1. The molecule has 1 N–H and O–H groups in total. The van der Waals surface area contributed by atoms with Crippen LogP contribution >= 0.6 is 0 Å². The van der Waals surface area contributed by atoms with E-state index in [1.165, 1.54) is 4.90 Å². The Bertz CT molecular complexity index is 829. The van der Waals surface area contributed by atoms with E-state index in [0.29, 0.717) is 0 Å². The van der Waals surface area contributed by atoms with Crippen LogP contribution in [0.5, 0.6) is 0 Å². The Kier molecular flexibility index (Phi) is 5.16. The normalized spacial score (nSPS) is 17.3. The van der Waals surface area contributed by atoms with Crippen molar-refractivity contribution in [3.8, 4) is 0 Å². The van der Waals surface area contributed by atoms with Gasteiger partial charge in [-0.05, 0) is 23.1 Å². The van der Waals surface area contributed by atoms with Crippen LogP contribution in [0.4, 0.5) is 0 Å². The summed E-state index contributed by atoms with van der Waals surface area (Å²) in [7, 11) is 0. The van der Waals surface area contributed by atoms with Crippen LogP contribution in [0, 0.1) is 5.92 Å². The second-order valence-electron chi connectivity index (χ2n) is 6.89. The Labute approximate surface area is 153 Å². The van der Waals surface area contributed by atoms with E-state index in [4.69, 9.17) is 0 Å². The number of benzene rings is 1. The molecule has 0 saturated carbocycles. The first-order valence-electron chi connectivity index (χ1n) is 8.70. The lowest BCUT2D eigenvalue weighted by atomic mass is 9.92. The van der Waals surface area contributed by atoms with Crippen LogP contribution in [-0.2, 0) is 16.1 Å². The van der Waals surface area contributed by atoms with E-state index in [1.807, 2.05) is 50.2 Å². The number of pyridine rings is 1. The lowest BCUT2D eigenvalue weighted by Crippen LogP contribution is -2.30. The van der Waals surface area contributed by atoms with Crippen LogP contribution in [0.2, 0.25) is 0 Å². The van der Waals surface area contributed by atoms with Gasteiger partial charge in [0.1, 0.15) is 0 Å². The van der Waals surface area contributed by atoms with E-state index >= 15 is 0 Å². The quantitative estimate of drug-likeness (QED) is 0.864. The maximum atomic E-state index is 12.8. The first-order chi connectivity index (χ1) is 12.5. The van der Waals surface area contributed by atoms with Gasteiger partial charge in [-0.2, -0.15) is 0 Å². The second-order valence-corrected chi connectivity index (χ2v) is 6.89. The summed E-state index contributed by atoms with van der Waals surface area (Å²) in [5, 5.41) is 10.5. The predicted molar refractivity (Wildman–Crippen MR) is 98.1 cm³/mol. The SMILES string of the molecule is CC(C)CC(=O)C1=C(O)C(=O)N(Cc2cccnc2)C1c1ccccc1. The molecule has 0 bridgehead atoms. The highest BCUT2D eigenvalue weighted by atomic mass is 16.3. The van der Waals surface area contributed by atoms with E-state index in [1.54, 1.807) is 18.5 Å². The number of aliphatic hydroxyl groups excluding tert-OH is 1. The highest BCUT2D eigenvalue weighted by Crippen LogP contribution is 2.39. The van der Waals surface area contributed by atoms with Gasteiger partial charge >= 0.3 is 0 Å². The smallest absolute Gasteiger partial charge is 0.290 e. The minimum atomic E-state index is -0.588. The second kappa shape index (κ2) is 7.52. The van der Waals surface area contributed by atoms with E-state index in [-0.39, 0.29) is 30.2 Å². The Morgan fingerprint density at radius 2 is 1.92 bits per heavy atom. The van der Waals surface area contributed by atoms with Crippen molar-refractivity contribution in [3.63, 3.8) is 0 Å². The number of carbonyl (C=O) groups excluding carboxylic acids is 2. The molecule has 0 fully saturated rings. The minimum Gasteiger partial charge on any atom is -0.503 e. The molecule has 0 spiro atoms. The van der Waals surface area contributed by atoms with Gasteiger partial charge in [0.25, 0.3) is 5.91 Å².